The second-order valence-electron chi connectivity index (χ2n) is 7.04. The van der Waals surface area contributed by atoms with Gasteiger partial charge in [-0.15, -0.1) is 0 Å². The third kappa shape index (κ3) is 3.71. The predicted molar refractivity (Wildman–Crippen MR) is 105 cm³/mol. The summed E-state index contributed by atoms with van der Waals surface area (Å²) in [5.74, 6) is 0.175. The molecule has 8 heteroatoms. The van der Waals surface area contributed by atoms with E-state index in [2.05, 4.69) is 21.5 Å². The molecule has 0 radical (unpaired) electrons. The van der Waals surface area contributed by atoms with Gasteiger partial charge in [0.15, 0.2) is 5.82 Å². The SMILES string of the molecule is COCc1noc(CNC(=O)c2c(C)ccn(-c3cccc4c3CCC4)c2=O)n1. The molecule has 1 amide bonds. The summed E-state index contributed by atoms with van der Waals surface area (Å²) in [7, 11) is 1.53. The summed E-state index contributed by atoms with van der Waals surface area (Å²) in [5.41, 5.74) is 3.68. The van der Waals surface area contributed by atoms with Crippen molar-refractivity contribution in [3.63, 3.8) is 0 Å². The Balaban J connectivity index is 1.61. The lowest BCUT2D eigenvalue weighted by Crippen LogP contribution is -2.33. The zero-order chi connectivity index (χ0) is 20.4. The molecule has 0 saturated heterocycles. The Morgan fingerprint density at radius 1 is 1.31 bits per heavy atom. The van der Waals surface area contributed by atoms with E-state index in [1.807, 2.05) is 12.1 Å². The first-order valence-electron chi connectivity index (χ1n) is 9.50. The summed E-state index contributed by atoms with van der Waals surface area (Å²) in [6.45, 7) is 2.00. The van der Waals surface area contributed by atoms with Crippen LogP contribution < -0.4 is 10.9 Å². The summed E-state index contributed by atoms with van der Waals surface area (Å²) in [6, 6.07) is 7.77. The number of aromatic nitrogens is 3. The Kier molecular flexibility index (Phi) is 5.26. The highest BCUT2D eigenvalue weighted by atomic mass is 16.5. The zero-order valence-electron chi connectivity index (χ0n) is 16.4. The maximum absolute atomic E-state index is 13.2. The van der Waals surface area contributed by atoms with Crippen LogP contribution in [0.25, 0.3) is 5.69 Å². The van der Waals surface area contributed by atoms with Gasteiger partial charge in [-0.05, 0) is 55.0 Å². The molecule has 150 valence electrons. The molecule has 0 atom stereocenters. The lowest BCUT2D eigenvalue weighted by atomic mass is 10.1. The topological polar surface area (TPSA) is 99.3 Å². The Bertz CT molecular complexity index is 1120. The first kappa shape index (κ1) is 19.1. The first-order chi connectivity index (χ1) is 14.1. The second-order valence-corrected chi connectivity index (χ2v) is 7.04. The third-order valence-electron chi connectivity index (χ3n) is 5.09. The van der Waals surface area contributed by atoms with Crippen LogP contribution in [0.2, 0.25) is 0 Å². The Morgan fingerprint density at radius 2 is 2.17 bits per heavy atom. The summed E-state index contributed by atoms with van der Waals surface area (Å²) >= 11 is 0. The van der Waals surface area contributed by atoms with E-state index in [9.17, 15) is 9.59 Å². The van der Waals surface area contributed by atoms with E-state index in [-0.39, 0.29) is 30.2 Å². The number of hydrogen-bond donors (Lipinski definition) is 1. The summed E-state index contributed by atoms with van der Waals surface area (Å²) in [6.07, 6.45) is 4.77. The van der Waals surface area contributed by atoms with E-state index >= 15 is 0 Å². The van der Waals surface area contributed by atoms with Crippen molar-refractivity contribution in [3.05, 3.63) is 74.8 Å². The Morgan fingerprint density at radius 3 is 3.00 bits per heavy atom. The van der Waals surface area contributed by atoms with Crippen molar-refractivity contribution in [2.24, 2.45) is 0 Å². The number of carbonyl (C=O) groups excluding carboxylic acids is 1. The van der Waals surface area contributed by atoms with Gasteiger partial charge in [0.25, 0.3) is 11.5 Å². The van der Waals surface area contributed by atoms with E-state index < -0.39 is 5.91 Å². The minimum Gasteiger partial charge on any atom is -0.377 e. The van der Waals surface area contributed by atoms with Crippen LogP contribution >= 0.6 is 0 Å². The number of rotatable bonds is 6. The summed E-state index contributed by atoms with van der Waals surface area (Å²) in [5, 5.41) is 6.44. The Hall–Kier alpha value is -3.26. The number of pyridine rings is 1. The zero-order valence-corrected chi connectivity index (χ0v) is 16.4. The van der Waals surface area contributed by atoms with Gasteiger partial charge in [0, 0.05) is 13.3 Å². The summed E-state index contributed by atoms with van der Waals surface area (Å²) in [4.78, 5) is 30.1. The van der Waals surface area contributed by atoms with Crippen LogP contribution in [-0.4, -0.2) is 27.7 Å². The van der Waals surface area contributed by atoms with Gasteiger partial charge in [-0.3, -0.25) is 14.2 Å². The van der Waals surface area contributed by atoms with Crippen molar-refractivity contribution in [2.45, 2.75) is 39.3 Å². The molecule has 4 rings (SSSR count). The molecule has 1 aromatic carbocycles. The minimum atomic E-state index is -0.471. The molecule has 0 bridgehead atoms. The predicted octanol–water partition coefficient (Wildman–Crippen LogP) is 2.09. The molecule has 8 nitrogen and oxygen atoms in total. The van der Waals surface area contributed by atoms with Crippen LogP contribution in [0, 0.1) is 6.92 Å². The standard InChI is InChI=1S/C21H22N4O4/c1-13-9-10-25(16-8-4-6-14-5-3-7-15(14)16)21(27)19(13)20(26)22-11-18-23-17(12-28-2)24-29-18/h4,6,8-10H,3,5,7,11-12H2,1-2H3,(H,22,26). The van der Waals surface area contributed by atoms with Gasteiger partial charge in [0.1, 0.15) is 12.2 Å². The van der Waals surface area contributed by atoms with Crippen LogP contribution in [0.1, 0.15) is 45.2 Å². The molecule has 1 N–H and O–H groups in total. The first-order valence-corrected chi connectivity index (χ1v) is 9.50. The molecule has 2 aromatic heterocycles. The van der Waals surface area contributed by atoms with Gasteiger partial charge in [0.05, 0.1) is 12.2 Å². The number of nitrogens with one attached hydrogen (secondary N) is 1. The highest BCUT2D eigenvalue weighted by Gasteiger charge is 2.20. The average Bonchev–Trinajstić information content (AvgIpc) is 3.36. The van der Waals surface area contributed by atoms with Gasteiger partial charge in [0.2, 0.25) is 5.89 Å². The quantitative estimate of drug-likeness (QED) is 0.687. The number of ether oxygens (including phenoxy) is 1. The van der Waals surface area contributed by atoms with E-state index in [1.165, 1.54) is 18.2 Å². The number of benzene rings is 1. The van der Waals surface area contributed by atoms with Crippen LogP contribution in [0.4, 0.5) is 0 Å². The molecular weight excluding hydrogens is 372 g/mol. The second kappa shape index (κ2) is 8.00. The third-order valence-corrected chi connectivity index (χ3v) is 5.09. The molecule has 3 aromatic rings. The molecule has 0 spiro atoms. The van der Waals surface area contributed by atoms with Crippen LogP contribution in [0.5, 0.6) is 0 Å². The van der Waals surface area contributed by atoms with Crippen molar-refractivity contribution in [1.29, 1.82) is 0 Å². The maximum atomic E-state index is 13.2. The van der Waals surface area contributed by atoms with Crippen molar-refractivity contribution in [3.8, 4) is 5.69 Å². The fourth-order valence-corrected chi connectivity index (χ4v) is 3.71. The number of amides is 1. The van der Waals surface area contributed by atoms with Crippen molar-refractivity contribution < 1.29 is 14.1 Å². The largest absolute Gasteiger partial charge is 0.377 e. The summed E-state index contributed by atoms with van der Waals surface area (Å²) < 4.78 is 11.6. The van der Waals surface area contributed by atoms with E-state index in [4.69, 9.17) is 9.26 Å². The lowest BCUT2D eigenvalue weighted by Gasteiger charge is -2.14. The minimum absolute atomic E-state index is 0.0318. The maximum Gasteiger partial charge on any atom is 0.268 e. The molecule has 0 fully saturated rings. The van der Waals surface area contributed by atoms with Crippen LogP contribution in [-0.2, 0) is 30.7 Å². The number of aryl methyl sites for hydroxylation is 2. The monoisotopic (exact) mass is 394 g/mol. The molecule has 0 aliphatic heterocycles. The van der Waals surface area contributed by atoms with E-state index in [0.29, 0.717) is 11.4 Å². The van der Waals surface area contributed by atoms with Gasteiger partial charge in [-0.2, -0.15) is 4.98 Å². The molecule has 0 saturated carbocycles. The Labute approximate surface area is 167 Å². The molecule has 0 unspecified atom stereocenters. The van der Waals surface area contributed by atoms with Crippen molar-refractivity contribution in [2.75, 3.05) is 7.11 Å². The smallest absolute Gasteiger partial charge is 0.268 e. The normalized spacial score (nSPS) is 12.8. The highest BCUT2D eigenvalue weighted by Crippen LogP contribution is 2.27. The fourth-order valence-electron chi connectivity index (χ4n) is 3.71. The number of methoxy groups -OCH3 is 1. The molecule has 1 aliphatic carbocycles. The number of fused-ring (bicyclic) bond motifs is 1. The average molecular weight is 394 g/mol. The number of hydrogen-bond acceptors (Lipinski definition) is 6. The number of carbonyl (C=O) groups is 1. The van der Waals surface area contributed by atoms with Crippen LogP contribution in [0.3, 0.4) is 0 Å². The fraction of sp³-hybridized carbons (Fsp3) is 0.333. The van der Waals surface area contributed by atoms with Gasteiger partial charge in [-0.25, -0.2) is 0 Å². The van der Waals surface area contributed by atoms with E-state index in [1.54, 1.807) is 23.8 Å². The van der Waals surface area contributed by atoms with Gasteiger partial charge >= 0.3 is 0 Å². The molecule has 1 aliphatic rings. The molecular formula is C21H22N4O4. The van der Waals surface area contributed by atoms with Gasteiger partial charge in [-0.1, -0.05) is 17.3 Å². The highest BCUT2D eigenvalue weighted by molar-refractivity contribution is 5.95. The number of nitrogens with zero attached hydrogens (tertiary/aromatic N) is 3. The molecule has 2 heterocycles. The molecule has 29 heavy (non-hydrogen) atoms. The lowest BCUT2D eigenvalue weighted by molar-refractivity contribution is 0.0943. The van der Waals surface area contributed by atoms with Crippen LogP contribution in [0.15, 0.2) is 39.8 Å². The van der Waals surface area contributed by atoms with E-state index in [0.717, 1.165) is 24.9 Å². The van der Waals surface area contributed by atoms with Crippen molar-refractivity contribution >= 4 is 5.91 Å². The van der Waals surface area contributed by atoms with Crippen molar-refractivity contribution in [1.82, 2.24) is 20.0 Å². The van der Waals surface area contributed by atoms with Gasteiger partial charge < -0.3 is 14.6 Å².